The number of oxazole rings is 2. The summed E-state index contributed by atoms with van der Waals surface area (Å²) in [5.41, 5.74) is 1.31. The summed E-state index contributed by atoms with van der Waals surface area (Å²) in [6.07, 6.45) is 16.1. The molecular formula is C30H36FN3O5. The van der Waals surface area contributed by atoms with Gasteiger partial charge in [0.1, 0.15) is 18.7 Å². The fourth-order valence-electron chi connectivity index (χ4n) is 3.54. The SMILES string of the molecule is C#C.CCOC(=O)C(C)(C)OC/C=C\C(=C/CF)CN(Cc1ncco1)Cc1nc(-c2ccccc2)oc1C. The number of ether oxygens (including phenoxy) is 2. The summed E-state index contributed by atoms with van der Waals surface area (Å²) in [4.78, 5) is 23.0. The first kappa shape index (κ1) is 31.2. The van der Waals surface area contributed by atoms with Crippen molar-refractivity contribution in [2.75, 3.05) is 26.4 Å². The van der Waals surface area contributed by atoms with E-state index in [9.17, 15) is 9.18 Å². The highest BCUT2D eigenvalue weighted by Crippen LogP contribution is 2.23. The van der Waals surface area contributed by atoms with Crippen molar-refractivity contribution >= 4 is 5.97 Å². The predicted octanol–water partition coefficient (Wildman–Crippen LogP) is 5.70. The molecule has 0 aliphatic heterocycles. The molecule has 3 rings (SSSR count). The Hall–Kier alpha value is -4.00. The zero-order valence-electron chi connectivity index (χ0n) is 22.9. The molecule has 0 atom stereocenters. The van der Waals surface area contributed by atoms with Crippen LogP contribution in [0.1, 0.15) is 38.1 Å². The van der Waals surface area contributed by atoms with Gasteiger partial charge >= 0.3 is 5.97 Å². The molecule has 0 saturated carbocycles. The van der Waals surface area contributed by atoms with Gasteiger partial charge in [0.25, 0.3) is 0 Å². The van der Waals surface area contributed by atoms with E-state index in [2.05, 4.69) is 17.8 Å². The van der Waals surface area contributed by atoms with Gasteiger partial charge in [-0.2, -0.15) is 0 Å². The van der Waals surface area contributed by atoms with Crippen LogP contribution >= 0.6 is 0 Å². The van der Waals surface area contributed by atoms with Crippen LogP contribution in [0.15, 0.2) is 75.4 Å². The summed E-state index contributed by atoms with van der Waals surface area (Å²) in [6, 6.07) is 9.69. The van der Waals surface area contributed by atoms with Gasteiger partial charge in [0.05, 0.1) is 31.6 Å². The molecule has 0 unspecified atom stereocenters. The highest BCUT2D eigenvalue weighted by atomic mass is 19.1. The van der Waals surface area contributed by atoms with Crippen molar-refractivity contribution in [3.05, 3.63) is 83.9 Å². The van der Waals surface area contributed by atoms with Crippen LogP contribution in [0.3, 0.4) is 0 Å². The fourth-order valence-corrected chi connectivity index (χ4v) is 3.54. The molecule has 0 fully saturated rings. The van der Waals surface area contributed by atoms with E-state index in [1.807, 2.05) is 42.2 Å². The van der Waals surface area contributed by atoms with Crippen molar-refractivity contribution in [3.63, 3.8) is 0 Å². The number of carbonyl (C=O) groups excluding carboxylic acids is 1. The van der Waals surface area contributed by atoms with Crippen molar-refractivity contribution in [1.29, 1.82) is 0 Å². The number of aryl methyl sites for hydroxylation is 1. The Bertz CT molecular complexity index is 1210. The van der Waals surface area contributed by atoms with Crippen molar-refractivity contribution in [2.45, 2.75) is 46.4 Å². The molecule has 0 bridgehead atoms. The normalized spacial score (nSPS) is 11.9. The number of hydrogen-bond donors (Lipinski definition) is 0. The summed E-state index contributed by atoms with van der Waals surface area (Å²) in [7, 11) is 0. The molecule has 0 radical (unpaired) electrons. The lowest BCUT2D eigenvalue weighted by atomic mass is 10.1. The summed E-state index contributed by atoms with van der Waals surface area (Å²) < 4.78 is 35.4. The summed E-state index contributed by atoms with van der Waals surface area (Å²) in [6.45, 7) is 7.98. The highest BCUT2D eigenvalue weighted by Gasteiger charge is 2.29. The quantitative estimate of drug-likeness (QED) is 0.147. The number of hydrogen-bond acceptors (Lipinski definition) is 8. The maximum absolute atomic E-state index is 13.4. The van der Waals surface area contributed by atoms with Crippen molar-refractivity contribution in [2.24, 2.45) is 0 Å². The first-order chi connectivity index (χ1) is 18.8. The number of aromatic nitrogens is 2. The first-order valence-electron chi connectivity index (χ1n) is 12.5. The number of benzene rings is 1. The minimum absolute atomic E-state index is 0.165. The fraction of sp³-hybridized carbons (Fsp3) is 0.367. The molecule has 208 valence electrons. The van der Waals surface area contributed by atoms with Gasteiger partial charge in [-0.1, -0.05) is 30.4 Å². The number of rotatable bonds is 14. The predicted molar refractivity (Wildman–Crippen MR) is 147 cm³/mol. The highest BCUT2D eigenvalue weighted by molar-refractivity contribution is 5.78. The van der Waals surface area contributed by atoms with E-state index in [1.54, 1.807) is 39.1 Å². The molecule has 0 aliphatic rings. The molecule has 9 heteroatoms. The third-order valence-electron chi connectivity index (χ3n) is 5.51. The van der Waals surface area contributed by atoms with Crippen LogP contribution in [0.5, 0.6) is 0 Å². The van der Waals surface area contributed by atoms with Crippen molar-refractivity contribution in [1.82, 2.24) is 14.9 Å². The Balaban J connectivity index is 0.00000260. The van der Waals surface area contributed by atoms with Crippen LogP contribution in [-0.2, 0) is 27.4 Å². The first-order valence-corrected chi connectivity index (χ1v) is 12.5. The van der Waals surface area contributed by atoms with Crippen LogP contribution < -0.4 is 0 Å². The van der Waals surface area contributed by atoms with E-state index in [-0.39, 0.29) is 13.2 Å². The zero-order chi connectivity index (χ0) is 28.7. The monoisotopic (exact) mass is 537 g/mol. The minimum atomic E-state index is -1.08. The van der Waals surface area contributed by atoms with Crippen LogP contribution in [0, 0.1) is 19.8 Å². The van der Waals surface area contributed by atoms with Crippen molar-refractivity contribution in [3.8, 4) is 24.3 Å². The Morgan fingerprint density at radius 1 is 1.21 bits per heavy atom. The van der Waals surface area contributed by atoms with E-state index in [0.29, 0.717) is 37.2 Å². The molecular weight excluding hydrogens is 501 g/mol. The Labute approximate surface area is 229 Å². The number of esters is 1. The molecule has 39 heavy (non-hydrogen) atoms. The lowest BCUT2D eigenvalue weighted by Gasteiger charge is -2.22. The van der Waals surface area contributed by atoms with Gasteiger partial charge in [0.15, 0.2) is 5.60 Å². The Morgan fingerprint density at radius 2 is 1.95 bits per heavy atom. The summed E-state index contributed by atoms with van der Waals surface area (Å²) >= 11 is 0. The van der Waals surface area contributed by atoms with E-state index >= 15 is 0 Å². The number of allylic oxidation sites excluding steroid dienone is 1. The lowest BCUT2D eigenvalue weighted by molar-refractivity contribution is -0.166. The average Bonchev–Trinajstić information content (AvgIpc) is 3.58. The summed E-state index contributed by atoms with van der Waals surface area (Å²) in [5, 5.41) is 0. The summed E-state index contributed by atoms with van der Waals surface area (Å²) in [5.74, 6) is 1.35. The van der Waals surface area contributed by atoms with Gasteiger partial charge in [-0.25, -0.2) is 19.2 Å². The standard InChI is InChI=1S/C28H34FN3O5.C2H2/c1-5-34-27(33)28(3,4)36-16-9-10-22(13-14-29)18-32(20-25-30-15-17-35-25)19-24-21(2)37-26(31-24)23-11-7-6-8-12-23;1-2/h6-13,15,17H,5,14,16,18-20H2,1-4H3;1-2H/b10-9-,22-13+;. The molecule has 2 aromatic heterocycles. The Kier molecular flexibility index (Phi) is 12.9. The zero-order valence-corrected chi connectivity index (χ0v) is 22.9. The molecule has 0 N–H and O–H groups in total. The van der Waals surface area contributed by atoms with E-state index in [1.165, 1.54) is 12.3 Å². The van der Waals surface area contributed by atoms with Gasteiger partial charge in [0, 0.05) is 18.7 Å². The molecule has 2 heterocycles. The van der Waals surface area contributed by atoms with Crippen LogP contribution in [0.4, 0.5) is 4.39 Å². The van der Waals surface area contributed by atoms with E-state index in [0.717, 1.165) is 16.8 Å². The molecule has 0 amide bonds. The van der Waals surface area contributed by atoms with Crippen LogP contribution in [0.2, 0.25) is 0 Å². The molecule has 1 aromatic carbocycles. The van der Waals surface area contributed by atoms with E-state index < -0.39 is 18.2 Å². The number of terminal acetylenes is 1. The third kappa shape index (κ3) is 10.0. The molecule has 0 aliphatic carbocycles. The number of halogens is 1. The molecule has 0 spiro atoms. The minimum Gasteiger partial charge on any atom is -0.464 e. The molecule has 3 aromatic rings. The van der Waals surface area contributed by atoms with Crippen LogP contribution in [-0.4, -0.2) is 52.9 Å². The maximum atomic E-state index is 13.4. The number of carbonyl (C=O) groups is 1. The molecule has 8 nitrogen and oxygen atoms in total. The maximum Gasteiger partial charge on any atom is 0.337 e. The second kappa shape index (κ2) is 16.1. The van der Waals surface area contributed by atoms with Gasteiger partial charge in [-0.05, 0) is 51.5 Å². The van der Waals surface area contributed by atoms with Gasteiger partial charge in [0.2, 0.25) is 11.8 Å². The second-order valence-corrected chi connectivity index (χ2v) is 8.84. The van der Waals surface area contributed by atoms with Crippen molar-refractivity contribution < 1.29 is 27.5 Å². The lowest BCUT2D eigenvalue weighted by Crippen LogP contribution is -2.36. The largest absolute Gasteiger partial charge is 0.464 e. The van der Waals surface area contributed by atoms with Gasteiger partial charge < -0.3 is 18.3 Å². The van der Waals surface area contributed by atoms with E-state index in [4.69, 9.17) is 23.3 Å². The van der Waals surface area contributed by atoms with Gasteiger partial charge in [-0.15, -0.1) is 12.8 Å². The third-order valence-corrected chi connectivity index (χ3v) is 5.51. The van der Waals surface area contributed by atoms with Gasteiger partial charge in [-0.3, -0.25) is 4.90 Å². The van der Waals surface area contributed by atoms with Crippen LogP contribution in [0.25, 0.3) is 11.5 Å². The number of nitrogens with zero attached hydrogens (tertiary/aromatic N) is 3. The number of alkyl halides is 1. The smallest absolute Gasteiger partial charge is 0.337 e. The Morgan fingerprint density at radius 3 is 2.59 bits per heavy atom. The second-order valence-electron chi connectivity index (χ2n) is 8.84. The molecule has 0 saturated heterocycles. The topological polar surface area (TPSA) is 90.8 Å². The average molecular weight is 538 g/mol.